The normalized spacial score (nSPS) is 13.6. The van der Waals surface area contributed by atoms with Crippen LogP contribution in [0.15, 0.2) is 42.5 Å². The van der Waals surface area contributed by atoms with Crippen LogP contribution in [0.2, 0.25) is 0 Å². The first kappa shape index (κ1) is 21.9. The summed E-state index contributed by atoms with van der Waals surface area (Å²) >= 11 is 0. The molecule has 1 amide bonds. The molecule has 7 heteroatoms. The van der Waals surface area contributed by atoms with Gasteiger partial charge in [0, 0.05) is 37.6 Å². The van der Waals surface area contributed by atoms with Crippen molar-refractivity contribution < 1.29 is 19.7 Å². The monoisotopic (exact) mass is 437 g/mol. The maximum atomic E-state index is 12.8. The first-order chi connectivity index (χ1) is 15.5. The quantitative estimate of drug-likeness (QED) is 0.519. The second kappa shape index (κ2) is 9.42. The highest BCUT2D eigenvalue weighted by Crippen LogP contribution is 2.35. The SMILES string of the molecule is CCCN(CCOc1ccc2c(c1)cc(C(=O)N1CCCC1)n2C)c1cccc(O)c1O. The highest BCUT2D eigenvalue weighted by molar-refractivity contribution is 5.99. The van der Waals surface area contributed by atoms with Gasteiger partial charge in [0.05, 0.1) is 12.2 Å². The zero-order valence-corrected chi connectivity index (χ0v) is 18.8. The molecule has 0 saturated carbocycles. The molecule has 0 radical (unpaired) electrons. The van der Waals surface area contributed by atoms with Crippen molar-refractivity contribution >= 4 is 22.5 Å². The first-order valence-electron chi connectivity index (χ1n) is 11.3. The zero-order chi connectivity index (χ0) is 22.7. The van der Waals surface area contributed by atoms with Gasteiger partial charge in [0.1, 0.15) is 18.1 Å². The number of phenols is 2. The van der Waals surface area contributed by atoms with E-state index in [-0.39, 0.29) is 17.4 Å². The van der Waals surface area contributed by atoms with Crippen LogP contribution in [-0.4, -0.2) is 58.4 Å². The smallest absolute Gasteiger partial charge is 0.270 e. The molecule has 2 heterocycles. The van der Waals surface area contributed by atoms with Crippen LogP contribution in [0, 0.1) is 0 Å². The van der Waals surface area contributed by atoms with Crippen molar-refractivity contribution in [1.82, 2.24) is 9.47 Å². The summed E-state index contributed by atoms with van der Waals surface area (Å²) in [7, 11) is 1.93. The minimum atomic E-state index is -0.127. The minimum absolute atomic E-state index is 0.0878. The number of likely N-dealkylation sites (tertiary alicyclic amines) is 1. The Balaban J connectivity index is 1.45. The predicted molar refractivity (Wildman–Crippen MR) is 126 cm³/mol. The Morgan fingerprint density at radius 2 is 1.88 bits per heavy atom. The standard InChI is InChI=1S/C25H31N3O4/c1-3-11-27(21-7-6-8-23(29)24(21)30)14-15-32-19-9-10-20-18(16-19)17-22(26(20)2)25(31)28-12-4-5-13-28/h6-10,16-17,29-30H,3-5,11-15H2,1-2H3. The average Bonchev–Trinajstić information content (AvgIpc) is 3.43. The molecule has 1 aromatic heterocycles. The highest BCUT2D eigenvalue weighted by Gasteiger charge is 2.23. The molecule has 3 aromatic rings. The van der Waals surface area contributed by atoms with E-state index in [4.69, 9.17) is 4.74 Å². The number of aryl methyl sites for hydroxylation is 1. The van der Waals surface area contributed by atoms with E-state index in [9.17, 15) is 15.0 Å². The van der Waals surface area contributed by atoms with Gasteiger partial charge in [-0.15, -0.1) is 0 Å². The molecule has 32 heavy (non-hydrogen) atoms. The average molecular weight is 438 g/mol. The fourth-order valence-corrected chi connectivity index (χ4v) is 4.38. The summed E-state index contributed by atoms with van der Waals surface area (Å²) in [5.41, 5.74) is 2.30. The summed E-state index contributed by atoms with van der Waals surface area (Å²) in [5.74, 6) is 0.588. The summed E-state index contributed by atoms with van der Waals surface area (Å²) < 4.78 is 7.95. The van der Waals surface area contributed by atoms with E-state index in [1.54, 1.807) is 12.1 Å². The number of nitrogens with zero attached hydrogens (tertiary/aromatic N) is 3. The third-order valence-corrected chi connectivity index (χ3v) is 6.08. The Hall–Kier alpha value is -3.35. The number of benzene rings is 2. The number of anilines is 1. The van der Waals surface area contributed by atoms with Crippen molar-refractivity contribution in [3.63, 3.8) is 0 Å². The Kier molecular flexibility index (Phi) is 6.44. The number of phenolic OH excluding ortho intramolecular Hbond substituents is 2. The molecule has 0 aliphatic carbocycles. The molecule has 0 bridgehead atoms. The van der Waals surface area contributed by atoms with Gasteiger partial charge in [-0.25, -0.2) is 0 Å². The van der Waals surface area contributed by atoms with Crippen LogP contribution in [0.1, 0.15) is 36.7 Å². The number of fused-ring (bicyclic) bond motifs is 1. The lowest BCUT2D eigenvalue weighted by atomic mass is 10.2. The van der Waals surface area contributed by atoms with Crippen LogP contribution >= 0.6 is 0 Å². The van der Waals surface area contributed by atoms with Gasteiger partial charge in [-0.05, 0) is 55.7 Å². The van der Waals surface area contributed by atoms with E-state index in [1.807, 2.05) is 45.7 Å². The van der Waals surface area contributed by atoms with E-state index in [0.717, 1.165) is 55.5 Å². The van der Waals surface area contributed by atoms with Gasteiger partial charge in [0.25, 0.3) is 5.91 Å². The number of aromatic nitrogens is 1. The van der Waals surface area contributed by atoms with Crippen molar-refractivity contribution in [2.45, 2.75) is 26.2 Å². The van der Waals surface area contributed by atoms with Gasteiger partial charge in [-0.1, -0.05) is 13.0 Å². The highest BCUT2D eigenvalue weighted by atomic mass is 16.5. The molecule has 7 nitrogen and oxygen atoms in total. The second-order valence-electron chi connectivity index (χ2n) is 8.29. The van der Waals surface area contributed by atoms with Crippen LogP contribution in [0.3, 0.4) is 0 Å². The molecule has 2 aromatic carbocycles. The Labute approximate surface area is 188 Å². The van der Waals surface area contributed by atoms with Gasteiger partial charge in [-0.2, -0.15) is 0 Å². The van der Waals surface area contributed by atoms with Gasteiger partial charge in [0.2, 0.25) is 0 Å². The molecular weight excluding hydrogens is 406 g/mol. The lowest BCUT2D eigenvalue weighted by Gasteiger charge is -2.25. The lowest BCUT2D eigenvalue weighted by molar-refractivity contribution is 0.0784. The van der Waals surface area contributed by atoms with Gasteiger partial charge in [-0.3, -0.25) is 4.79 Å². The number of carbonyl (C=O) groups excluding carboxylic acids is 1. The van der Waals surface area contributed by atoms with Crippen LogP contribution in [-0.2, 0) is 7.05 Å². The van der Waals surface area contributed by atoms with Crippen LogP contribution in [0.5, 0.6) is 17.2 Å². The van der Waals surface area contributed by atoms with E-state index < -0.39 is 0 Å². The second-order valence-corrected chi connectivity index (χ2v) is 8.29. The third kappa shape index (κ3) is 4.33. The molecule has 1 saturated heterocycles. The van der Waals surface area contributed by atoms with E-state index in [0.29, 0.717) is 24.5 Å². The minimum Gasteiger partial charge on any atom is -0.504 e. The van der Waals surface area contributed by atoms with Crippen molar-refractivity contribution in [2.24, 2.45) is 7.05 Å². The van der Waals surface area contributed by atoms with E-state index in [2.05, 4.69) is 6.92 Å². The fraction of sp³-hybridized carbons (Fsp3) is 0.400. The topological polar surface area (TPSA) is 78.2 Å². The Morgan fingerprint density at radius 1 is 1.09 bits per heavy atom. The van der Waals surface area contributed by atoms with Crippen LogP contribution in [0.4, 0.5) is 5.69 Å². The largest absolute Gasteiger partial charge is 0.504 e. The molecule has 0 atom stereocenters. The maximum absolute atomic E-state index is 12.8. The molecule has 0 unspecified atom stereocenters. The molecule has 1 aliphatic heterocycles. The molecule has 1 fully saturated rings. The summed E-state index contributed by atoms with van der Waals surface area (Å²) in [5, 5.41) is 21.0. The van der Waals surface area contributed by atoms with Crippen molar-refractivity contribution in [2.75, 3.05) is 37.7 Å². The van der Waals surface area contributed by atoms with Crippen molar-refractivity contribution in [1.29, 1.82) is 0 Å². The maximum Gasteiger partial charge on any atom is 0.270 e. The van der Waals surface area contributed by atoms with E-state index in [1.165, 1.54) is 6.07 Å². The van der Waals surface area contributed by atoms with Crippen molar-refractivity contribution in [3.8, 4) is 17.2 Å². The number of carbonyl (C=O) groups is 1. The number of rotatable bonds is 8. The first-order valence-corrected chi connectivity index (χ1v) is 11.3. The third-order valence-electron chi connectivity index (χ3n) is 6.08. The molecular formula is C25H31N3O4. The molecule has 2 N–H and O–H groups in total. The number of hydrogen-bond acceptors (Lipinski definition) is 5. The number of aromatic hydroxyl groups is 2. The molecule has 1 aliphatic rings. The Morgan fingerprint density at radius 3 is 2.62 bits per heavy atom. The predicted octanol–water partition coefficient (Wildman–Crippen LogP) is 4.12. The molecule has 4 rings (SSSR count). The molecule has 170 valence electrons. The Bertz CT molecular complexity index is 1100. The number of para-hydroxylation sites is 1. The van der Waals surface area contributed by atoms with Gasteiger partial charge >= 0.3 is 0 Å². The van der Waals surface area contributed by atoms with Crippen LogP contribution < -0.4 is 9.64 Å². The zero-order valence-electron chi connectivity index (χ0n) is 18.8. The van der Waals surface area contributed by atoms with Crippen molar-refractivity contribution in [3.05, 3.63) is 48.2 Å². The molecule has 0 spiro atoms. The van der Waals surface area contributed by atoms with Crippen LogP contribution in [0.25, 0.3) is 10.9 Å². The van der Waals surface area contributed by atoms with E-state index >= 15 is 0 Å². The number of hydrogen-bond donors (Lipinski definition) is 2. The summed E-state index contributed by atoms with van der Waals surface area (Å²) in [6.45, 7) is 5.46. The van der Waals surface area contributed by atoms with Gasteiger partial charge < -0.3 is 29.3 Å². The van der Waals surface area contributed by atoms with Gasteiger partial charge in [0.15, 0.2) is 11.5 Å². The number of amides is 1. The summed E-state index contributed by atoms with van der Waals surface area (Å²) in [4.78, 5) is 16.8. The lowest BCUT2D eigenvalue weighted by Crippen LogP contribution is -2.29. The summed E-state index contributed by atoms with van der Waals surface area (Å²) in [6, 6.07) is 12.8. The summed E-state index contributed by atoms with van der Waals surface area (Å²) in [6.07, 6.45) is 3.05. The number of ether oxygens (including phenoxy) is 1. The fourth-order valence-electron chi connectivity index (χ4n) is 4.38.